The third-order valence-corrected chi connectivity index (χ3v) is 4.84. The zero-order chi connectivity index (χ0) is 14.8. The lowest BCUT2D eigenvalue weighted by Gasteiger charge is -2.23. The molecule has 4 nitrogen and oxygen atoms in total. The van der Waals surface area contributed by atoms with Crippen molar-refractivity contribution in [1.82, 2.24) is 10.3 Å². The molecule has 1 aromatic heterocycles. The molecule has 0 atom stereocenters. The van der Waals surface area contributed by atoms with E-state index in [1.165, 1.54) is 48.8 Å². The van der Waals surface area contributed by atoms with Crippen molar-refractivity contribution in [3.05, 3.63) is 30.5 Å². The number of benzene rings is 1. The second kappa shape index (κ2) is 6.13. The van der Waals surface area contributed by atoms with E-state index in [1.54, 1.807) is 0 Å². The number of nitrogens with zero attached hydrogens (tertiary/aromatic N) is 3. The molecule has 0 saturated carbocycles. The fourth-order valence-electron chi connectivity index (χ4n) is 3.63. The predicted octanol–water partition coefficient (Wildman–Crippen LogP) is 2.63. The number of aromatic nitrogens is 1. The minimum atomic E-state index is 1.04. The number of fused-ring (bicyclic) bond motifs is 1. The van der Waals surface area contributed by atoms with Crippen LogP contribution in [0.25, 0.3) is 10.8 Å². The summed E-state index contributed by atoms with van der Waals surface area (Å²) in [4.78, 5) is 9.61. The molecule has 0 amide bonds. The van der Waals surface area contributed by atoms with Gasteiger partial charge in [0, 0.05) is 50.0 Å². The van der Waals surface area contributed by atoms with Gasteiger partial charge in [-0.25, -0.2) is 4.98 Å². The van der Waals surface area contributed by atoms with Crippen LogP contribution in [0, 0.1) is 0 Å². The van der Waals surface area contributed by atoms with Gasteiger partial charge in [-0.3, -0.25) is 0 Å². The van der Waals surface area contributed by atoms with Gasteiger partial charge in [0.15, 0.2) is 0 Å². The second-order valence-electron chi connectivity index (χ2n) is 6.32. The van der Waals surface area contributed by atoms with Gasteiger partial charge in [-0.05, 0) is 55.5 Å². The van der Waals surface area contributed by atoms with E-state index >= 15 is 0 Å². The minimum absolute atomic E-state index is 1.04. The smallest absolute Gasteiger partial charge is 0.136 e. The molecule has 1 N–H and O–H groups in total. The van der Waals surface area contributed by atoms with Crippen molar-refractivity contribution in [2.45, 2.75) is 19.3 Å². The van der Waals surface area contributed by atoms with E-state index in [1.807, 2.05) is 6.20 Å². The van der Waals surface area contributed by atoms with Crippen LogP contribution in [0.15, 0.2) is 30.5 Å². The van der Waals surface area contributed by atoms with E-state index in [4.69, 9.17) is 0 Å². The molecule has 2 aliphatic rings. The number of nitrogens with one attached hydrogen (secondary N) is 1. The average Bonchev–Trinajstić information content (AvgIpc) is 2.97. The number of pyridine rings is 1. The van der Waals surface area contributed by atoms with Crippen molar-refractivity contribution in [2.75, 3.05) is 49.1 Å². The highest BCUT2D eigenvalue weighted by Crippen LogP contribution is 2.29. The fourth-order valence-corrected chi connectivity index (χ4v) is 3.63. The molecule has 2 saturated heterocycles. The first-order valence-corrected chi connectivity index (χ1v) is 8.51. The van der Waals surface area contributed by atoms with Gasteiger partial charge in [-0.15, -0.1) is 0 Å². The SMILES string of the molecule is c1cc2cc(N3CCCC3)ccc2c(N2CCCNCC2)n1. The summed E-state index contributed by atoms with van der Waals surface area (Å²) in [6.07, 6.45) is 5.79. The Kier molecular flexibility index (Phi) is 3.85. The summed E-state index contributed by atoms with van der Waals surface area (Å²) in [5.74, 6) is 1.15. The number of anilines is 2. The highest BCUT2D eigenvalue weighted by atomic mass is 15.2. The topological polar surface area (TPSA) is 31.4 Å². The van der Waals surface area contributed by atoms with Gasteiger partial charge in [0.25, 0.3) is 0 Å². The molecule has 0 spiro atoms. The van der Waals surface area contributed by atoms with Crippen molar-refractivity contribution < 1.29 is 0 Å². The molecule has 3 heterocycles. The van der Waals surface area contributed by atoms with Gasteiger partial charge in [-0.2, -0.15) is 0 Å². The summed E-state index contributed by atoms with van der Waals surface area (Å²) in [5.41, 5.74) is 1.36. The lowest BCUT2D eigenvalue weighted by molar-refractivity contribution is 0.724. The monoisotopic (exact) mass is 296 g/mol. The molecule has 0 radical (unpaired) electrons. The van der Waals surface area contributed by atoms with Crippen LogP contribution >= 0.6 is 0 Å². The highest BCUT2D eigenvalue weighted by molar-refractivity contribution is 5.94. The normalized spacial score (nSPS) is 19.6. The van der Waals surface area contributed by atoms with Crippen molar-refractivity contribution in [3.63, 3.8) is 0 Å². The quantitative estimate of drug-likeness (QED) is 0.923. The number of hydrogen-bond donors (Lipinski definition) is 1. The lowest BCUT2D eigenvalue weighted by atomic mass is 10.1. The van der Waals surface area contributed by atoms with E-state index in [0.29, 0.717) is 0 Å². The van der Waals surface area contributed by atoms with Crippen LogP contribution < -0.4 is 15.1 Å². The summed E-state index contributed by atoms with van der Waals surface area (Å²) in [7, 11) is 0. The molecule has 4 heteroatoms. The van der Waals surface area contributed by atoms with Gasteiger partial charge in [0.2, 0.25) is 0 Å². The van der Waals surface area contributed by atoms with Crippen LogP contribution in [0.5, 0.6) is 0 Å². The van der Waals surface area contributed by atoms with Crippen molar-refractivity contribution >= 4 is 22.3 Å². The van der Waals surface area contributed by atoms with Crippen LogP contribution in [-0.4, -0.2) is 44.3 Å². The summed E-state index contributed by atoms with van der Waals surface area (Å²) in [5, 5.41) is 6.06. The molecular weight excluding hydrogens is 272 g/mol. The number of rotatable bonds is 2. The van der Waals surface area contributed by atoms with E-state index in [0.717, 1.165) is 32.0 Å². The average molecular weight is 296 g/mol. The molecule has 116 valence electrons. The summed E-state index contributed by atoms with van der Waals surface area (Å²) >= 11 is 0. The second-order valence-corrected chi connectivity index (χ2v) is 6.32. The Hall–Kier alpha value is -1.81. The largest absolute Gasteiger partial charge is 0.372 e. The van der Waals surface area contributed by atoms with Crippen LogP contribution in [0.4, 0.5) is 11.5 Å². The first-order chi connectivity index (χ1) is 10.9. The lowest BCUT2D eigenvalue weighted by Crippen LogP contribution is -2.28. The molecule has 0 unspecified atom stereocenters. The Morgan fingerprint density at radius 3 is 2.64 bits per heavy atom. The maximum absolute atomic E-state index is 4.68. The third-order valence-electron chi connectivity index (χ3n) is 4.84. The maximum atomic E-state index is 4.68. The minimum Gasteiger partial charge on any atom is -0.372 e. The first-order valence-electron chi connectivity index (χ1n) is 8.51. The van der Waals surface area contributed by atoms with Gasteiger partial charge in [-0.1, -0.05) is 0 Å². The zero-order valence-corrected chi connectivity index (χ0v) is 13.1. The van der Waals surface area contributed by atoms with E-state index in [-0.39, 0.29) is 0 Å². The Balaban J connectivity index is 1.70. The van der Waals surface area contributed by atoms with Crippen LogP contribution in [0.1, 0.15) is 19.3 Å². The van der Waals surface area contributed by atoms with E-state index in [2.05, 4.69) is 44.4 Å². The molecule has 0 aliphatic carbocycles. The molecule has 2 fully saturated rings. The molecule has 2 aliphatic heterocycles. The Morgan fingerprint density at radius 2 is 1.73 bits per heavy atom. The highest BCUT2D eigenvalue weighted by Gasteiger charge is 2.16. The maximum Gasteiger partial charge on any atom is 0.136 e. The van der Waals surface area contributed by atoms with Gasteiger partial charge in [0.1, 0.15) is 5.82 Å². The van der Waals surface area contributed by atoms with E-state index < -0.39 is 0 Å². The van der Waals surface area contributed by atoms with Gasteiger partial charge in [0.05, 0.1) is 0 Å². The third kappa shape index (κ3) is 2.63. The van der Waals surface area contributed by atoms with Crippen molar-refractivity contribution in [2.24, 2.45) is 0 Å². The standard InChI is InChI=1S/C18H24N4/c1-2-11-21(10-1)16-4-5-17-15(14-16)6-8-20-18(17)22-12-3-7-19-9-13-22/h4-6,8,14,19H,1-3,7,9-13H2. The molecule has 4 rings (SSSR count). The molecule has 2 aromatic rings. The Labute approximate surface area is 132 Å². The van der Waals surface area contributed by atoms with Crippen molar-refractivity contribution in [3.8, 4) is 0 Å². The van der Waals surface area contributed by atoms with E-state index in [9.17, 15) is 0 Å². The molecule has 0 bridgehead atoms. The first kappa shape index (κ1) is 13.8. The van der Waals surface area contributed by atoms with Crippen LogP contribution in [-0.2, 0) is 0 Å². The Bertz CT molecular complexity index is 641. The molecule has 1 aromatic carbocycles. The van der Waals surface area contributed by atoms with Crippen molar-refractivity contribution in [1.29, 1.82) is 0 Å². The summed E-state index contributed by atoms with van der Waals surface area (Å²) in [6, 6.07) is 9.02. The van der Waals surface area contributed by atoms with Crippen LogP contribution in [0.3, 0.4) is 0 Å². The Morgan fingerprint density at radius 1 is 0.864 bits per heavy atom. The van der Waals surface area contributed by atoms with Gasteiger partial charge < -0.3 is 15.1 Å². The van der Waals surface area contributed by atoms with Gasteiger partial charge >= 0.3 is 0 Å². The van der Waals surface area contributed by atoms with Crippen LogP contribution in [0.2, 0.25) is 0 Å². The predicted molar refractivity (Wildman–Crippen MR) is 92.9 cm³/mol. The zero-order valence-electron chi connectivity index (χ0n) is 13.1. The number of hydrogen-bond acceptors (Lipinski definition) is 4. The summed E-state index contributed by atoms with van der Waals surface area (Å²) in [6.45, 7) is 6.68. The fraction of sp³-hybridized carbons (Fsp3) is 0.500. The molecular formula is C18H24N4. The summed E-state index contributed by atoms with van der Waals surface area (Å²) < 4.78 is 0. The molecule has 22 heavy (non-hydrogen) atoms.